The second-order valence-electron chi connectivity index (χ2n) is 26.3. The Kier molecular flexibility index (Phi) is 63.2. The molecule has 0 amide bonds. The van der Waals surface area contributed by atoms with Crippen molar-refractivity contribution in [1.29, 1.82) is 0 Å². The molecule has 1 heterocycles. The first-order valence-corrected chi connectivity index (χ1v) is 37.7. The van der Waals surface area contributed by atoms with Gasteiger partial charge in [-0.1, -0.05) is 310 Å². The Hall–Kier alpha value is -1.22. The van der Waals surface area contributed by atoms with E-state index in [1.807, 2.05) is 0 Å². The zero-order valence-electron chi connectivity index (χ0n) is 56.5. The molecule has 1 aliphatic rings. The molecule has 1 aliphatic heterocycles. The van der Waals surface area contributed by atoms with Crippen LogP contribution >= 0.6 is 0 Å². The Morgan fingerprint density at radius 3 is 0.659 bits per heavy atom. The lowest BCUT2D eigenvalue weighted by Gasteiger charge is -2.34. The minimum Gasteiger partial charge on any atom is -0.466 e. The molecule has 0 aromatic rings. The van der Waals surface area contributed by atoms with Crippen molar-refractivity contribution in [2.75, 3.05) is 91.8 Å². The molecule has 0 unspecified atom stereocenters. The Bertz CT molecular complexity index is 1110. The Morgan fingerprint density at radius 2 is 0.451 bits per heavy atom. The number of rotatable bonds is 68. The van der Waals surface area contributed by atoms with Gasteiger partial charge in [-0.2, -0.15) is 0 Å². The van der Waals surface area contributed by atoms with Gasteiger partial charge in [0, 0.05) is 39.3 Å². The largest absolute Gasteiger partial charge is 0.466 e. The second kappa shape index (κ2) is 65.7. The monoisotopic (exact) mass is 1160 g/mol. The maximum Gasteiger partial charge on any atom is 0.307 e. The fraction of sp³-hybridized carbons (Fsp3) is 0.973. The first kappa shape index (κ1) is 78.8. The lowest BCUT2D eigenvalue weighted by molar-refractivity contribution is -0.145. The summed E-state index contributed by atoms with van der Waals surface area (Å²) in [6, 6.07) is 0. The van der Waals surface area contributed by atoms with Crippen molar-refractivity contribution >= 4 is 11.9 Å². The van der Waals surface area contributed by atoms with Crippen LogP contribution in [0.3, 0.4) is 0 Å². The molecule has 488 valence electrons. The molecule has 8 heteroatoms. The highest BCUT2D eigenvalue weighted by Gasteiger charge is 2.17. The second-order valence-corrected chi connectivity index (χ2v) is 26.3. The summed E-state index contributed by atoms with van der Waals surface area (Å²) in [6.45, 7) is 23.1. The molecule has 0 spiro atoms. The van der Waals surface area contributed by atoms with Crippen LogP contribution in [0.5, 0.6) is 0 Å². The van der Waals surface area contributed by atoms with E-state index in [0.717, 1.165) is 104 Å². The average Bonchev–Trinajstić information content (AvgIpc) is 3.48. The van der Waals surface area contributed by atoms with Gasteiger partial charge in [-0.3, -0.25) is 9.59 Å². The summed E-state index contributed by atoms with van der Waals surface area (Å²) in [4.78, 5) is 36.2. The number of hydrogen-bond acceptors (Lipinski definition) is 8. The zero-order valence-corrected chi connectivity index (χ0v) is 56.5. The van der Waals surface area contributed by atoms with E-state index in [1.165, 1.54) is 308 Å². The first-order chi connectivity index (χ1) is 40.5. The fourth-order valence-electron chi connectivity index (χ4n) is 12.5. The normalized spacial score (nSPS) is 13.3. The molecule has 0 atom stereocenters. The van der Waals surface area contributed by atoms with Crippen LogP contribution < -0.4 is 0 Å². The molecule has 0 aromatic carbocycles. The van der Waals surface area contributed by atoms with E-state index in [0.29, 0.717) is 26.1 Å². The van der Waals surface area contributed by atoms with Crippen LogP contribution in [0, 0.1) is 0 Å². The average molecular weight is 1160 g/mol. The van der Waals surface area contributed by atoms with Gasteiger partial charge in [-0.15, -0.1) is 0 Å². The third kappa shape index (κ3) is 57.8. The van der Waals surface area contributed by atoms with Crippen LogP contribution in [0.1, 0.15) is 374 Å². The molecule has 0 aliphatic carbocycles. The lowest BCUT2D eigenvalue weighted by atomic mass is 10.0. The van der Waals surface area contributed by atoms with Crippen LogP contribution in [0.25, 0.3) is 0 Å². The molecule has 0 saturated carbocycles. The van der Waals surface area contributed by atoms with E-state index in [2.05, 4.69) is 47.3 Å². The standard InChI is InChI=1S/C74H148N4O4/c1-5-9-13-17-21-25-29-33-37-41-45-49-59-75(60-50-46-42-38-34-30-26-22-18-14-10-6-2)65-57-73(79)81-71-55-53-63-77-67-69-78(70-68-77)64-54-56-72-82-74(80)58-66-76(61-51-47-43-39-35-31-27-23-19-15-11-7-3)62-52-48-44-40-36-32-28-24-20-16-12-8-4/h5-72H2,1-4H3. The number of ether oxygens (including phenoxy) is 2. The van der Waals surface area contributed by atoms with Crippen LogP contribution in [-0.2, 0) is 19.1 Å². The fourth-order valence-corrected chi connectivity index (χ4v) is 12.5. The van der Waals surface area contributed by atoms with Crippen molar-refractivity contribution in [2.24, 2.45) is 0 Å². The lowest BCUT2D eigenvalue weighted by Crippen LogP contribution is -2.46. The van der Waals surface area contributed by atoms with Crippen LogP contribution in [0.4, 0.5) is 0 Å². The number of hydrogen-bond donors (Lipinski definition) is 0. The van der Waals surface area contributed by atoms with E-state index < -0.39 is 0 Å². The maximum absolute atomic E-state index is 12.9. The number of nitrogens with zero attached hydrogens (tertiary/aromatic N) is 4. The van der Waals surface area contributed by atoms with Crippen molar-refractivity contribution in [1.82, 2.24) is 19.6 Å². The summed E-state index contributed by atoms with van der Waals surface area (Å²) in [5.74, 6) is -0.0188. The molecule has 1 saturated heterocycles. The molecule has 0 bridgehead atoms. The van der Waals surface area contributed by atoms with Crippen molar-refractivity contribution in [3.63, 3.8) is 0 Å². The van der Waals surface area contributed by atoms with Gasteiger partial charge in [0.15, 0.2) is 0 Å². The summed E-state index contributed by atoms with van der Waals surface area (Å²) in [5, 5.41) is 0. The van der Waals surface area contributed by atoms with Gasteiger partial charge in [0.25, 0.3) is 0 Å². The topological polar surface area (TPSA) is 65.6 Å². The minimum atomic E-state index is -0.00940. The SMILES string of the molecule is CCCCCCCCCCCCCCN(CCCCCCCCCCCCCC)CCC(=O)OCCCCN1CCN(CCCCOC(=O)CCN(CCCCCCCCCCCCCC)CCCCCCCCCCCCCC)CC1. The van der Waals surface area contributed by atoms with Gasteiger partial charge in [0.05, 0.1) is 26.1 Å². The number of piperazine rings is 1. The third-order valence-corrected chi connectivity index (χ3v) is 18.3. The highest BCUT2D eigenvalue weighted by atomic mass is 16.5. The van der Waals surface area contributed by atoms with E-state index in [-0.39, 0.29) is 11.9 Å². The number of carbonyl (C=O) groups excluding carboxylic acids is 2. The summed E-state index contributed by atoms with van der Waals surface area (Å²) >= 11 is 0. The third-order valence-electron chi connectivity index (χ3n) is 18.3. The van der Waals surface area contributed by atoms with Gasteiger partial charge >= 0.3 is 11.9 Å². The smallest absolute Gasteiger partial charge is 0.307 e. The highest BCUT2D eigenvalue weighted by molar-refractivity contribution is 5.69. The van der Waals surface area contributed by atoms with Crippen molar-refractivity contribution in [3.8, 4) is 0 Å². The highest BCUT2D eigenvalue weighted by Crippen LogP contribution is 2.18. The summed E-state index contributed by atoms with van der Waals surface area (Å²) in [5.41, 5.74) is 0. The molecular formula is C74H148N4O4. The number of carbonyl (C=O) groups is 2. The van der Waals surface area contributed by atoms with E-state index >= 15 is 0 Å². The van der Waals surface area contributed by atoms with E-state index in [9.17, 15) is 9.59 Å². The van der Waals surface area contributed by atoms with Gasteiger partial charge in [-0.05, 0) is 90.6 Å². The molecule has 1 rings (SSSR count). The van der Waals surface area contributed by atoms with Gasteiger partial charge in [0.1, 0.15) is 0 Å². The van der Waals surface area contributed by atoms with Crippen molar-refractivity contribution in [3.05, 3.63) is 0 Å². The molecule has 0 radical (unpaired) electrons. The first-order valence-electron chi connectivity index (χ1n) is 37.7. The molecule has 0 aromatic heterocycles. The summed E-state index contributed by atoms with van der Waals surface area (Å²) < 4.78 is 11.6. The van der Waals surface area contributed by atoms with Crippen LogP contribution in [0.2, 0.25) is 0 Å². The predicted molar refractivity (Wildman–Crippen MR) is 360 cm³/mol. The van der Waals surface area contributed by atoms with Crippen molar-refractivity contribution < 1.29 is 19.1 Å². The quantitative estimate of drug-likeness (QED) is 0.0441. The summed E-state index contributed by atoms with van der Waals surface area (Å²) in [7, 11) is 0. The Balaban J connectivity index is 2.27. The molecule has 1 fully saturated rings. The van der Waals surface area contributed by atoms with E-state index in [4.69, 9.17) is 9.47 Å². The predicted octanol–water partition coefficient (Wildman–Crippen LogP) is 21.4. The Morgan fingerprint density at radius 1 is 0.256 bits per heavy atom. The molecule has 8 nitrogen and oxygen atoms in total. The van der Waals surface area contributed by atoms with E-state index in [1.54, 1.807) is 0 Å². The van der Waals surface area contributed by atoms with Crippen molar-refractivity contribution in [2.45, 2.75) is 374 Å². The van der Waals surface area contributed by atoms with Crippen LogP contribution in [0.15, 0.2) is 0 Å². The Labute approximate surface area is 514 Å². The molecular weight excluding hydrogens is 1010 g/mol. The number of unbranched alkanes of at least 4 members (excludes halogenated alkanes) is 46. The van der Waals surface area contributed by atoms with Gasteiger partial charge in [0.2, 0.25) is 0 Å². The van der Waals surface area contributed by atoms with Gasteiger partial charge in [-0.25, -0.2) is 0 Å². The minimum absolute atomic E-state index is 0.00940. The molecule has 0 N–H and O–H groups in total. The van der Waals surface area contributed by atoms with Crippen LogP contribution in [-0.4, -0.2) is 123 Å². The molecule has 82 heavy (non-hydrogen) atoms. The number of esters is 2. The van der Waals surface area contributed by atoms with Gasteiger partial charge < -0.3 is 29.1 Å². The zero-order chi connectivity index (χ0) is 59.0. The maximum atomic E-state index is 12.9. The summed E-state index contributed by atoms with van der Waals surface area (Å²) in [6.07, 6.45) is 71.5.